The van der Waals surface area contributed by atoms with Crippen LogP contribution in [0.4, 0.5) is 0 Å². The van der Waals surface area contributed by atoms with Crippen LogP contribution in [-0.2, 0) is 153 Å². The highest BCUT2D eigenvalue weighted by Gasteiger charge is 2.54. The summed E-state index contributed by atoms with van der Waals surface area (Å²) in [4.78, 5) is 214. The minimum atomic E-state index is -1.32. The van der Waals surface area contributed by atoms with E-state index in [0.717, 1.165) is 107 Å². The van der Waals surface area contributed by atoms with Crippen LogP contribution in [-0.4, -0.2) is 264 Å². The van der Waals surface area contributed by atoms with Crippen molar-refractivity contribution in [1.82, 2.24) is 37.2 Å². The van der Waals surface area contributed by atoms with Gasteiger partial charge in [-0.25, -0.2) is 0 Å². The number of hydrogen-bond acceptors (Lipinski definition) is 32. The van der Waals surface area contributed by atoms with Crippen molar-refractivity contribution in [2.75, 3.05) is 65.8 Å². The number of carboxylic acids is 1. The summed E-state index contributed by atoms with van der Waals surface area (Å²) in [5, 5.41) is 28.8. The molecule has 40 nitrogen and oxygen atoms in total. The Morgan fingerprint density at radius 1 is 0.289 bits per heavy atom. The Balaban J connectivity index is 1.85. The van der Waals surface area contributed by atoms with E-state index < -0.39 is 195 Å². The van der Waals surface area contributed by atoms with Gasteiger partial charge in [-0.05, 0) is 95.3 Å². The SMILES string of the molecule is CC(=O)NC1[C@H](OCCCCCNC(=O)CCC(CCC(=O)NCCCCCO[C@@H]2OC(COC(C)=O)[C@H](OC(C)=O)[C@H](OC(C)=O)C2NC(C)=O)(CCC(=O)NCCCCCO[C@@H]2OC(COC(C)=O)[C@H](OC(C)=O)[C@H](OC(C)=O)C2NC(C)=O)CNC(=O)CCCCCCCCCCCC(=O)O)OC(COC(C)=O)[C@H](OC(C)=O)[C@@H]1OC(C)=O. The van der Waals surface area contributed by atoms with Crippen molar-refractivity contribution in [2.24, 2.45) is 5.41 Å². The van der Waals surface area contributed by atoms with Crippen LogP contribution >= 0.6 is 0 Å². The van der Waals surface area contributed by atoms with Crippen molar-refractivity contribution < 1.29 is 158 Å². The predicted octanol–water partition coefficient (Wildman–Crippen LogP) is 3.68. The molecule has 3 aliphatic rings. The molecular formula is C81H131N7O33. The largest absolute Gasteiger partial charge is 0.481 e. The first-order valence-corrected chi connectivity index (χ1v) is 41.7. The highest BCUT2D eigenvalue weighted by molar-refractivity contribution is 5.79. The van der Waals surface area contributed by atoms with Crippen LogP contribution in [0.3, 0.4) is 0 Å². The molecule has 121 heavy (non-hydrogen) atoms. The van der Waals surface area contributed by atoms with E-state index in [1.807, 2.05) is 0 Å². The third-order valence-electron chi connectivity index (χ3n) is 19.6. The molecule has 6 unspecified atom stereocenters. The molecule has 0 aliphatic carbocycles. The van der Waals surface area contributed by atoms with Crippen LogP contribution in [0.15, 0.2) is 0 Å². The third kappa shape index (κ3) is 45.5. The van der Waals surface area contributed by atoms with Crippen LogP contribution < -0.4 is 37.2 Å². The zero-order valence-electron chi connectivity index (χ0n) is 72.1. The van der Waals surface area contributed by atoms with Crippen molar-refractivity contribution >= 4 is 101 Å². The normalized spacial score (nSPS) is 22.8. The Hall–Kier alpha value is -9.25. The molecule has 688 valence electrons. The molecule has 3 saturated heterocycles. The van der Waals surface area contributed by atoms with E-state index in [9.17, 15) is 81.5 Å². The minimum Gasteiger partial charge on any atom is -0.481 e. The van der Waals surface area contributed by atoms with E-state index in [4.69, 9.17) is 76.2 Å². The zero-order chi connectivity index (χ0) is 90.0. The van der Waals surface area contributed by atoms with Gasteiger partial charge in [0.2, 0.25) is 41.4 Å². The molecule has 0 aromatic heterocycles. The summed E-state index contributed by atoms with van der Waals surface area (Å²) in [5.41, 5.74) is -1.03. The number of aliphatic carboxylic acids is 1. The average molecular weight is 1730 g/mol. The summed E-state index contributed by atoms with van der Waals surface area (Å²) in [6.45, 7) is 13.2. The Morgan fingerprint density at radius 3 is 0.793 bits per heavy atom. The third-order valence-corrected chi connectivity index (χ3v) is 19.6. The molecule has 0 bridgehead atoms. The van der Waals surface area contributed by atoms with Gasteiger partial charge in [-0.1, -0.05) is 44.9 Å². The molecule has 0 spiro atoms. The summed E-state index contributed by atoms with van der Waals surface area (Å²) < 4.78 is 85.3. The van der Waals surface area contributed by atoms with Crippen molar-refractivity contribution in [3.63, 3.8) is 0 Å². The number of amides is 7. The first kappa shape index (κ1) is 106. The topological polar surface area (TPSA) is 533 Å². The van der Waals surface area contributed by atoms with Gasteiger partial charge in [0.05, 0.1) is 0 Å². The number of carbonyl (C=O) groups excluding carboxylic acids is 16. The summed E-state index contributed by atoms with van der Waals surface area (Å²) in [7, 11) is 0. The first-order chi connectivity index (χ1) is 57.4. The maximum atomic E-state index is 14.0. The van der Waals surface area contributed by atoms with Crippen LogP contribution in [0.2, 0.25) is 0 Å². The standard InChI is InChI=1S/C81H131N7O33/c1-49(89)86-69-75(116-58(10)98)72(113-55(7)95)61(45-110-52(4)92)119-78(69)107-42-28-20-25-39-82-65(102)33-36-81(48-85-64(101)31-23-18-16-14-13-15-17-19-24-32-68(105)106,37-34-66(103)83-40-26-21-29-43-108-79-70(87-50(2)90)76(117-59(11)99)73(114-56(8)96)62(120-79)46-111-53(5)93)38-35-67(104)84-41-27-22-30-44-109-80-71(88-51(3)91)77(118-60(12)100)74(115-57(9)97)63(121-80)47-112-54(6)94/h61-63,69-80H,13-48H2,1-12H3,(H,82,102)(H,83,103)(H,84,104)(H,85,101)(H,86,89)(H,87,90)(H,88,91)(H,105,106)/t61?,62?,63?,69?,70?,71?,72-,73-,74-,75+,76+,77+,78+,79+,80+,81?/m0/s1. The summed E-state index contributed by atoms with van der Waals surface area (Å²) in [6, 6.07) is -3.54. The smallest absolute Gasteiger partial charge is 0.303 e. The second kappa shape index (κ2) is 58.7. The number of carboxylic acid groups (broad SMARTS) is 1. The molecule has 3 heterocycles. The maximum absolute atomic E-state index is 14.0. The van der Waals surface area contributed by atoms with Gasteiger partial charge >= 0.3 is 59.7 Å². The molecule has 0 saturated carbocycles. The quantitative estimate of drug-likeness (QED) is 0.0244. The summed E-state index contributed by atoms with van der Waals surface area (Å²) >= 11 is 0. The molecule has 40 heteroatoms. The monoisotopic (exact) mass is 1730 g/mol. The second-order valence-electron chi connectivity index (χ2n) is 30.4. The maximum Gasteiger partial charge on any atom is 0.303 e. The molecule has 8 N–H and O–H groups in total. The number of ether oxygens (including phenoxy) is 15. The van der Waals surface area contributed by atoms with Crippen molar-refractivity contribution in [2.45, 2.75) is 342 Å². The van der Waals surface area contributed by atoms with Crippen LogP contribution in [0.1, 0.15) is 250 Å². The Kier molecular flexibility index (Phi) is 51.4. The van der Waals surface area contributed by atoms with E-state index in [1.54, 1.807) is 0 Å². The lowest BCUT2D eigenvalue weighted by Gasteiger charge is -2.44. The fourth-order valence-corrected chi connectivity index (χ4v) is 14.0. The lowest BCUT2D eigenvalue weighted by molar-refractivity contribution is -0.277. The van der Waals surface area contributed by atoms with Gasteiger partial charge in [0.1, 0.15) is 56.3 Å². The number of nitrogens with one attached hydrogen (secondary N) is 7. The number of carbonyl (C=O) groups is 17. The van der Waals surface area contributed by atoms with Gasteiger partial charge in [-0.3, -0.25) is 81.5 Å². The van der Waals surface area contributed by atoms with Crippen molar-refractivity contribution in [1.29, 1.82) is 0 Å². The van der Waals surface area contributed by atoms with E-state index in [1.165, 1.54) is 20.8 Å². The highest BCUT2D eigenvalue weighted by Crippen LogP contribution is 2.36. The van der Waals surface area contributed by atoms with Crippen molar-refractivity contribution in [3.8, 4) is 0 Å². The van der Waals surface area contributed by atoms with E-state index >= 15 is 0 Å². The molecule has 3 aliphatic heterocycles. The molecule has 0 aromatic carbocycles. The van der Waals surface area contributed by atoms with Gasteiger partial charge in [0, 0.05) is 161 Å². The van der Waals surface area contributed by atoms with Gasteiger partial charge in [-0.2, -0.15) is 0 Å². The molecule has 15 atom stereocenters. The number of esters is 9. The minimum absolute atomic E-state index is 0.0142. The van der Waals surface area contributed by atoms with Crippen LogP contribution in [0, 0.1) is 5.41 Å². The Labute approximate surface area is 706 Å². The fourth-order valence-electron chi connectivity index (χ4n) is 14.0. The summed E-state index contributed by atoms with van der Waals surface area (Å²) in [6.07, 6.45) is -3.50. The Bertz CT molecular complexity index is 3030. The highest BCUT2D eigenvalue weighted by atomic mass is 16.7. The molecular weight excluding hydrogens is 1600 g/mol. The zero-order valence-corrected chi connectivity index (χ0v) is 72.1. The number of hydrogen-bond donors (Lipinski definition) is 8. The molecule has 3 rings (SSSR count). The van der Waals surface area contributed by atoms with Crippen molar-refractivity contribution in [3.05, 3.63) is 0 Å². The molecule has 7 amide bonds. The Morgan fingerprint density at radius 2 is 0.537 bits per heavy atom. The molecule has 3 fully saturated rings. The average Bonchev–Trinajstić information content (AvgIpc) is 0.796. The molecule has 0 aromatic rings. The lowest BCUT2D eigenvalue weighted by Crippen LogP contribution is -2.66. The predicted molar refractivity (Wildman–Crippen MR) is 422 cm³/mol. The lowest BCUT2D eigenvalue weighted by atomic mass is 9.74. The second-order valence-corrected chi connectivity index (χ2v) is 30.4. The van der Waals surface area contributed by atoms with Gasteiger partial charge in [-0.15, -0.1) is 0 Å². The van der Waals surface area contributed by atoms with E-state index in [0.29, 0.717) is 70.6 Å². The van der Waals surface area contributed by atoms with Gasteiger partial charge in [0.15, 0.2) is 55.5 Å². The van der Waals surface area contributed by atoms with Gasteiger partial charge < -0.3 is 113 Å². The van der Waals surface area contributed by atoms with E-state index in [-0.39, 0.29) is 121 Å². The summed E-state index contributed by atoms with van der Waals surface area (Å²) in [5.74, 6) is -10.5. The van der Waals surface area contributed by atoms with Gasteiger partial charge in [0.25, 0.3) is 0 Å². The molecule has 0 radical (unpaired) electrons. The van der Waals surface area contributed by atoms with E-state index in [2.05, 4.69) is 37.2 Å². The first-order valence-electron chi connectivity index (χ1n) is 41.7. The fraction of sp³-hybridized carbons (Fsp3) is 0.790. The van der Waals surface area contributed by atoms with Crippen LogP contribution in [0.5, 0.6) is 0 Å². The number of rotatable bonds is 59. The number of unbranched alkanes of at least 4 members (excludes halogenated alkanes) is 14. The van der Waals surface area contributed by atoms with Crippen LogP contribution in [0.25, 0.3) is 0 Å².